The van der Waals surface area contributed by atoms with Crippen LogP contribution >= 0.6 is 27.5 Å². The van der Waals surface area contributed by atoms with Gasteiger partial charge in [-0.25, -0.2) is 0 Å². The van der Waals surface area contributed by atoms with Crippen LogP contribution in [0.5, 0.6) is 11.5 Å². The number of fused-ring (bicyclic) bond motifs is 1. The van der Waals surface area contributed by atoms with Crippen molar-refractivity contribution in [3.05, 3.63) is 57.0 Å². The Hall–Kier alpha value is -1.23. The van der Waals surface area contributed by atoms with Crippen LogP contribution in [-0.4, -0.2) is 6.79 Å². The average molecular weight is 355 g/mol. The number of rotatable bonds is 4. The lowest BCUT2D eigenvalue weighted by atomic mass is 10.2. The van der Waals surface area contributed by atoms with E-state index in [9.17, 15) is 0 Å². The second kappa shape index (κ2) is 6.04. The van der Waals surface area contributed by atoms with E-state index < -0.39 is 0 Å². The molecule has 2 aromatic rings. The minimum absolute atomic E-state index is 0.307. The van der Waals surface area contributed by atoms with Gasteiger partial charge in [0.1, 0.15) is 0 Å². The van der Waals surface area contributed by atoms with Gasteiger partial charge in [-0.05, 0) is 41.5 Å². The van der Waals surface area contributed by atoms with Crippen molar-refractivity contribution in [3.8, 4) is 11.5 Å². The lowest BCUT2D eigenvalue weighted by Gasteiger charge is -2.08. The van der Waals surface area contributed by atoms with Crippen LogP contribution in [-0.2, 0) is 13.1 Å². The summed E-state index contributed by atoms with van der Waals surface area (Å²) in [6.07, 6.45) is 0. The van der Waals surface area contributed by atoms with Gasteiger partial charge < -0.3 is 14.8 Å². The highest BCUT2D eigenvalue weighted by Gasteiger charge is 2.12. The summed E-state index contributed by atoms with van der Waals surface area (Å²) in [5.41, 5.74) is 2.30. The van der Waals surface area contributed by atoms with Crippen molar-refractivity contribution in [3.63, 3.8) is 0 Å². The van der Waals surface area contributed by atoms with Gasteiger partial charge in [-0.15, -0.1) is 0 Å². The first-order valence-corrected chi connectivity index (χ1v) is 7.42. The van der Waals surface area contributed by atoms with Crippen LogP contribution in [0.25, 0.3) is 0 Å². The molecule has 3 nitrogen and oxygen atoms in total. The molecule has 1 aliphatic heterocycles. The van der Waals surface area contributed by atoms with Gasteiger partial charge in [-0.2, -0.15) is 0 Å². The van der Waals surface area contributed by atoms with E-state index in [0.717, 1.165) is 45.2 Å². The average Bonchev–Trinajstić information content (AvgIpc) is 2.90. The molecule has 0 atom stereocenters. The first kappa shape index (κ1) is 13.7. The lowest BCUT2D eigenvalue weighted by Crippen LogP contribution is -2.13. The Morgan fingerprint density at radius 3 is 2.80 bits per heavy atom. The van der Waals surface area contributed by atoms with E-state index in [1.54, 1.807) is 0 Å². The van der Waals surface area contributed by atoms with Gasteiger partial charge in [0, 0.05) is 22.6 Å². The fraction of sp³-hybridized carbons (Fsp3) is 0.200. The summed E-state index contributed by atoms with van der Waals surface area (Å²) < 4.78 is 11.7. The number of hydrogen-bond acceptors (Lipinski definition) is 3. The van der Waals surface area contributed by atoms with Crippen molar-refractivity contribution < 1.29 is 9.47 Å². The van der Waals surface area contributed by atoms with Gasteiger partial charge >= 0.3 is 0 Å². The van der Waals surface area contributed by atoms with Crippen LogP contribution in [0.2, 0.25) is 5.02 Å². The van der Waals surface area contributed by atoms with Gasteiger partial charge in [0.25, 0.3) is 0 Å². The summed E-state index contributed by atoms with van der Waals surface area (Å²) in [4.78, 5) is 0. The Morgan fingerprint density at radius 1 is 1.05 bits per heavy atom. The van der Waals surface area contributed by atoms with E-state index in [2.05, 4.69) is 21.2 Å². The largest absolute Gasteiger partial charge is 0.454 e. The van der Waals surface area contributed by atoms with E-state index in [1.807, 2.05) is 36.4 Å². The first-order chi connectivity index (χ1) is 9.72. The van der Waals surface area contributed by atoms with Crippen LogP contribution in [0, 0.1) is 0 Å². The minimum atomic E-state index is 0.307. The van der Waals surface area contributed by atoms with Crippen molar-refractivity contribution in [1.29, 1.82) is 0 Å². The molecule has 0 amide bonds. The quantitative estimate of drug-likeness (QED) is 0.896. The molecule has 0 bridgehead atoms. The van der Waals surface area contributed by atoms with Gasteiger partial charge in [0.05, 0.1) is 0 Å². The van der Waals surface area contributed by atoms with Crippen LogP contribution < -0.4 is 14.8 Å². The summed E-state index contributed by atoms with van der Waals surface area (Å²) in [5, 5.41) is 4.14. The SMILES string of the molecule is Clc1ccc(Br)c(CNCc2ccc3c(c2)OCO3)c1. The summed E-state index contributed by atoms with van der Waals surface area (Å²) >= 11 is 9.52. The van der Waals surface area contributed by atoms with E-state index in [-0.39, 0.29) is 0 Å². The topological polar surface area (TPSA) is 30.5 Å². The monoisotopic (exact) mass is 353 g/mol. The maximum atomic E-state index is 6.00. The zero-order chi connectivity index (χ0) is 13.9. The lowest BCUT2D eigenvalue weighted by molar-refractivity contribution is 0.174. The Balaban J connectivity index is 1.61. The zero-order valence-corrected chi connectivity index (χ0v) is 13.0. The van der Waals surface area contributed by atoms with E-state index in [4.69, 9.17) is 21.1 Å². The molecule has 104 valence electrons. The van der Waals surface area contributed by atoms with Gasteiger partial charge in [-0.3, -0.25) is 0 Å². The highest BCUT2D eigenvalue weighted by atomic mass is 79.9. The fourth-order valence-electron chi connectivity index (χ4n) is 2.07. The molecular formula is C15H13BrClNO2. The van der Waals surface area contributed by atoms with Crippen molar-refractivity contribution in [1.82, 2.24) is 5.32 Å². The van der Waals surface area contributed by atoms with Crippen LogP contribution in [0.4, 0.5) is 0 Å². The molecular weight excluding hydrogens is 342 g/mol. The molecule has 0 fully saturated rings. The number of benzene rings is 2. The second-order valence-electron chi connectivity index (χ2n) is 4.53. The van der Waals surface area contributed by atoms with Gasteiger partial charge in [0.15, 0.2) is 11.5 Å². The molecule has 0 aromatic heterocycles. The van der Waals surface area contributed by atoms with E-state index in [1.165, 1.54) is 0 Å². The number of ether oxygens (including phenoxy) is 2. The van der Waals surface area contributed by atoms with Gasteiger partial charge in [0.2, 0.25) is 6.79 Å². The number of halogens is 2. The Morgan fingerprint density at radius 2 is 1.90 bits per heavy atom. The third kappa shape index (κ3) is 3.08. The Labute approximate surface area is 131 Å². The number of hydrogen-bond donors (Lipinski definition) is 1. The van der Waals surface area contributed by atoms with Crippen LogP contribution in [0.3, 0.4) is 0 Å². The zero-order valence-electron chi connectivity index (χ0n) is 10.7. The van der Waals surface area contributed by atoms with Crippen molar-refractivity contribution in [2.24, 2.45) is 0 Å². The molecule has 1 N–H and O–H groups in total. The fourth-order valence-corrected chi connectivity index (χ4v) is 2.65. The highest BCUT2D eigenvalue weighted by molar-refractivity contribution is 9.10. The Bertz CT molecular complexity index is 633. The van der Waals surface area contributed by atoms with Crippen molar-refractivity contribution in [2.75, 3.05) is 6.79 Å². The molecule has 1 heterocycles. The molecule has 20 heavy (non-hydrogen) atoms. The molecule has 0 radical (unpaired) electrons. The normalized spacial score (nSPS) is 12.7. The summed E-state index contributed by atoms with van der Waals surface area (Å²) in [5.74, 6) is 1.62. The smallest absolute Gasteiger partial charge is 0.231 e. The second-order valence-corrected chi connectivity index (χ2v) is 5.82. The molecule has 0 spiro atoms. The van der Waals surface area contributed by atoms with Gasteiger partial charge in [-0.1, -0.05) is 33.6 Å². The summed E-state index contributed by atoms with van der Waals surface area (Å²) in [6, 6.07) is 11.8. The predicted molar refractivity (Wildman–Crippen MR) is 82.3 cm³/mol. The molecule has 1 aliphatic rings. The molecule has 0 unspecified atom stereocenters. The summed E-state index contributed by atoms with van der Waals surface area (Å²) in [6.45, 7) is 1.81. The third-order valence-corrected chi connectivity index (χ3v) is 4.10. The van der Waals surface area contributed by atoms with Crippen molar-refractivity contribution in [2.45, 2.75) is 13.1 Å². The molecule has 0 saturated heterocycles. The maximum Gasteiger partial charge on any atom is 0.231 e. The first-order valence-electron chi connectivity index (χ1n) is 6.25. The van der Waals surface area contributed by atoms with Crippen molar-refractivity contribution >= 4 is 27.5 Å². The molecule has 5 heteroatoms. The standard InChI is InChI=1S/C15H13BrClNO2/c16-13-3-2-12(17)6-11(13)8-18-7-10-1-4-14-15(5-10)20-9-19-14/h1-6,18H,7-9H2. The van der Waals surface area contributed by atoms with Crippen LogP contribution in [0.1, 0.15) is 11.1 Å². The van der Waals surface area contributed by atoms with E-state index in [0.29, 0.717) is 6.79 Å². The Kier molecular flexibility index (Phi) is 4.15. The predicted octanol–water partition coefficient (Wildman–Crippen LogP) is 4.12. The highest BCUT2D eigenvalue weighted by Crippen LogP contribution is 2.32. The minimum Gasteiger partial charge on any atom is -0.454 e. The molecule has 3 rings (SSSR count). The summed E-state index contributed by atoms with van der Waals surface area (Å²) in [7, 11) is 0. The third-order valence-electron chi connectivity index (χ3n) is 3.09. The maximum absolute atomic E-state index is 6.00. The van der Waals surface area contributed by atoms with E-state index >= 15 is 0 Å². The molecule has 0 aliphatic carbocycles. The van der Waals surface area contributed by atoms with Crippen LogP contribution in [0.15, 0.2) is 40.9 Å². The molecule has 2 aromatic carbocycles. The molecule has 0 saturated carbocycles. The number of nitrogens with one attached hydrogen (secondary N) is 1.